The van der Waals surface area contributed by atoms with E-state index in [-0.39, 0.29) is 0 Å². The molecule has 0 saturated carbocycles. The van der Waals surface area contributed by atoms with Gasteiger partial charge in [0.25, 0.3) is 0 Å². The summed E-state index contributed by atoms with van der Waals surface area (Å²) in [7, 11) is 2.16. The van der Waals surface area contributed by atoms with Crippen LogP contribution in [0.15, 0.2) is 18.6 Å². The first-order chi connectivity index (χ1) is 10.2. The van der Waals surface area contributed by atoms with Gasteiger partial charge in [-0.3, -0.25) is 0 Å². The number of hydrogen-bond acceptors (Lipinski definition) is 5. The number of rotatable bonds is 8. The van der Waals surface area contributed by atoms with E-state index in [0.29, 0.717) is 6.04 Å². The normalized spacial score (nSPS) is 12.8. The van der Waals surface area contributed by atoms with Gasteiger partial charge < -0.3 is 19.9 Å². The Morgan fingerprint density at radius 1 is 1.33 bits per heavy atom. The second-order valence-corrected chi connectivity index (χ2v) is 5.33. The van der Waals surface area contributed by atoms with Crippen LogP contribution in [0.1, 0.15) is 27.2 Å². The number of nitrogens with zero attached hydrogens (tertiary/aromatic N) is 4. The van der Waals surface area contributed by atoms with Crippen LogP contribution in [0.25, 0.3) is 5.65 Å². The molecule has 0 bridgehead atoms. The van der Waals surface area contributed by atoms with E-state index in [1.165, 1.54) is 0 Å². The molecule has 1 atom stereocenters. The molecule has 0 fully saturated rings. The van der Waals surface area contributed by atoms with E-state index >= 15 is 0 Å². The molecule has 116 valence electrons. The van der Waals surface area contributed by atoms with Crippen molar-refractivity contribution < 1.29 is 0 Å². The van der Waals surface area contributed by atoms with E-state index < -0.39 is 0 Å². The van der Waals surface area contributed by atoms with Gasteiger partial charge in [-0.15, -0.1) is 0 Å². The standard InChI is InChI=1S/C15H26N6/c1-5-12(3)20(4)9-7-17-14-15-18-8-10-21(15)11-13(19-14)16-6-2/h8,10-12,16H,5-7,9H2,1-4H3,(H,17,19). The molecule has 2 aromatic heterocycles. The van der Waals surface area contributed by atoms with Gasteiger partial charge >= 0.3 is 0 Å². The SMILES string of the molecule is CCNc1cn2ccnc2c(NCCN(C)C(C)CC)n1. The van der Waals surface area contributed by atoms with E-state index in [2.05, 4.69) is 53.3 Å². The molecule has 2 aromatic rings. The van der Waals surface area contributed by atoms with E-state index in [0.717, 1.165) is 43.3 Å². The molecule has 21 heavy (non-hydrogen) atoms. The molecule has 0 spiro atoms. The van der Waals surface area contributed by atoms with Crippen molar-refractivity contribution in [2.75, 3.05) is 37.3 Å². The Morgan fingerprint density at radius 2 is 2.14 bits per heavy atom. The fourth-order valence-corrected chi connectivity index (χ4v) is 2.20. The zero-order chi connectivity index (χ0) is 15.2. The smallest absolute Gasteiger partial charge is 0.180 e. The van der Waals surface area contributed by atoms with Gasteiger partial charge in [0.1, 0.15) is 5.82 Å². The van der Waals surface area contributed by atoms with E-state index in [9.17, 15) is 0 Å². The highest BCUT2D eigenvalue weighted by molar-refractivity contribution is 5.65. The maximum Gasteiger partial charge on any atom is 0.180 e. The lowest BCUT2D eigenvalue weighted by Crippen LogP contribution is -2.32. The van der Waals surface area contributed by atoms with Crippen LogP contribution < -0.4 is 10.6 Å². The molecule has 0 aliphatic carbocycles. The van der Waals surface area contributed by atoms with Crippen LogP contribution in [0.2, 0.25) is 0 Å². The summed E-state index contributed by atoms with van der Waals surface area (Å²) in [4.78, 5) is 11.3. The molecule has 0 amide bonds. The highest BCUT2D eigenvalue weighted by atomic mass is 15.2. The summed E-state index contributed by atoms with van der Waals surface area (Å²) < 4.78 is 1.99. The lowest BCUT2D eigenvalue weighted by Gasteiger charge is -2.23. The minimum absolute atomic E-state index is 0.597. The summed E-state index contributed by atoms with van der Waals surface area (Å²) in [5.74, 6) is 1.69. The van der Waals surface area contributed by atoms with Crippen LogP contribution in [-0.4, -0.2) is 52.0 Å². The molecule has 1 unspecified atom stereocenters. The molecule has 6 nitrogen and oxygen atoms in total. The van der Waals surface area contributed by atoms with Gasteiger partial charge in [-0.1, -0.05) is 6.92 Å². The Morgan fingerprint density at radius 3 is 2.86 bits per heavy atom. The minimum atomic E-state index is 0.597. The van der Waals surface area contributed by atoms with E-state index in [1.807, 2.05) is 16.8 Å². The van der Waals surface area contributed by atoms with Crippen molar-refractivity contribution in [2.45, 2.75) is 33.2 Å². The first kappa shape index (κ1) is 15.6. The third-order valence-corrected chi connectivity index (χ3v) is 3.83. The van der Waals surface area contributed by atoms with Crippen LogP contribution >= 0.6 is 0 Å². The van der Waals surface area contributed by atoms with Crippen molar-refractivity contribution >= 4 is 17.3 Å². The van der Waals surface area contributed by atoms with Crippen molar-refractivity contribution in [3.63, 3.8) is 0 Å². The zero-order valence-electron chi connectivity index (χ0n) is 13.4. The van der Waals surface area contributed by atoms with Crippen molar-refractivity contribution in [2.24, 2.45) is 0 Å². The Labute approximate surface area is 126 Å². The fraction of sp³-hybridized carbons (Fsp3) is 0.600. The van der Waals surface area contributed by atoms with Gasteiger partial charge in [0.15, 0.2) is 11.5 Å². The Hall–Kier alpha value is -1.82. The molecule has 0 saturated heterocycles. The summed E-state index contributed by atoms with van der Waals surface area (Å²) in [6, 6.07) is 0.597. The van der Waals surface area contributed by atoms with Crippen molar-refractivity contribution in [1.29, 1.82) is 0 Å². The number of hydrogen-bond donors (Lipinski definition) is 2. The van der Waals surface area contributed by atoms with Crippen LogP contribution in [0.5, 0.6) is 0 Å². The summed E-state index contributed by atoms with van der Waals surface area (Å²) >= 11 is 0. The van der Waals surface area contributed by atoms with Crippen LogP contribution in [0, 0.1) is 0 Å². The van der Waals surface area contributed by atoms with E-state index in [1.54, 1.807) is 6.20 Å². The van der Waals surface area contributed by atoms with Gasteiger partial charge in [-0.2, -0.15) is 0 Å². The number of fused-ring (bicyclic) bond motifs is 1. The van der Waals surface area contributed by atoms with E-state index in [4.69, 9.17) is 0 Å². The number of anilines is 2. The van der Waals surface area contributed by atoms with Gasteiger partial charge in [0.05, 0.1) is 6.20 Å². The van der Waals surface area contributed by atoms with Gasteiger partial charge in [0.2, 0.25) is 0 Å². The second-order valence-electron chi connectivity index (χ2n) is 5.33. The minimum Gasteiger partial charge on any atom is -0.369 e. The van der Waals surface area contributed by atoms with Gasteiger partial charge in [-0.05, 0) is 27.3 Å². The topological polar surface area (TPSA) is 57.5 Å². The second kappa shape index (κ2) is 7.26. The summed E-state index contributed by atoms with van der Waals surface area (Å²) in [5, 5.41) is 6.65. The average Bonchev–Trinajstić information content (AvgIpc) is 2.95. The highest BCUT2D eigenvalue weighted by Crippen LogP contribution is 2.16. The number of likely N-dealkylation sites (N-methyl/N-ethyl adjacent to an activating group) is 1. The first-order valence-corrected chi connectivity index (χ1v) is 7.67. The summed E-state index contributed by atoms with van der Waals surface area (Å²) in [6.45, 7) is 9.21. The Kier molecular flexibility index (Phi) is 5.38. The predicted molar refractivity (Wildman–Crippen MR) is 88.0 cm³/mol. The van der Waals surface area contributed by atoms with Crippen molar-refractivity contribution in [3.05, 3.63) is 18.6 Å². The molecule has 0 aliphatic rings. The monoisotopic (exact) mass is 290 g/mol. The zero-order valence-corrected chi connectivity index (χ0v) is 13.4. The molecular weight excluding hydrogens is 264 g/mol. The maximum absolute atomic E-state index is 4.60. The maximum atomic E-state index is 4.60. The molecule has 0 aliphatic heterocycles. The lowest BCUT2D eigenvalue weighted by molar-refractivity contribution is 0.261. The number of imidazole rings is 1. The molecule has 0 radical (unpaired) electrons. The molecule has 2 N–H and O–H groups in total. The summed E-state index contributed by atoms with van der Waals surface area (Å²) in [5.41, 5.74) is 0.864. The predicted octanol–water partition coefficient (Wildman–Crippen LogP) is 2.30. The average molecular weight is 290 g/mol. The lowest BCUT2D eigenvalue weighted by atomic mass is 10.2. The largest absolute Gasteiger partial charge is 0.369 e. The molecule has 2 heterocycles. The summed E-state index contributed by atoms with van der Waals surface area (Å²) in [6.07, 6.45) is 6.86. The van der Waals surface area contributed by atoms with Crippen molar-refractivity contribution in [3.8, 4) is 0 Å². The molecule has 2 rings (SSSR count). The number of nitrogens with one attached hydrogen (secondary N) is 2. The molecule has 6 heteroatoms. The third kappa shape index (κ3) is 3.85. The number of aromatic nitrogens is 3. The Balaban J connectivity index is 2.05. The van der Waals surface area contributed by atoms with Gasteiger partial charge in [-0.25, -0.2) is 9.97 Å². The fourth-order valence-electron chi connectivity index (χ4n) is 2.20. The quantitative estimate of drug-likeness (QED) is 0.781. The highest BCUT2D eigenvalue weighted by Gasteiger charge is 2.09. The van der Waals surface area contributed by atoms with Crippen molar-refractivity contribution in [1.82, 2.24) is 19.3 Å². The Bertz CT molecular complexity index is 564. The molecule has 0 aromatic carbocycles. The third-order valence-electron chi connectivity index (χ3n) is 3.83. The molecular formula is C15H26N6. The van der Waals surface area contributed by atoms with Crippen LogP contribution in [0.3, 0.4) is 0 Å². The van der Waals surface area contributed by atoms with Crippen LogP contribution in [0.4, 0.5) is 11.6 Å². The first-order valence-electron chi connectivity index (χ1n) is 7.67. The van der Waals surface area contributed by atoms with Crippen LogP contribution in [-0.2, 0) is 0 Å². The van der Waals surface area contributed by atoms with Gasteiger partial charge in [0, 0.05) is 38.1 Å².